The fourth-order valence-electron chi connectivity index (χ4n) is 3.60. The van der Waals surface area contributed by atoms with Crippen molar-refractivity contribution in [2.45, 2.75) is 57.6 Å². The number of amides is 1. The molecule has 3 rings (SSSR count). The van der Waals surface area contributed by atoms with Crippen LogP contribution in [-0.4, -0.2) is 34.0 Å². The second-order valence-electron chi connectivity index (χ2n) is 7.81. The van der Waals surface area contributed by atoms with Crippen LogP contribution in [0.4, 0.5) is 0 Å². The summed E-state index contributed by atoms with van der Waals surface area (Å²) < 4.78 is 0. The molecular formula is C22H28N2O2. The van der Waals surface area contributed by atoms with Crippen LogP contribution in [0.5, 0.6) is 0 Å². The lowest BCUT2D eigenvalue weighted by Crippen LogP contribution is -2.38. The Morgan fingerprint density at radius 3 is 2.54 bits per heavy atom. The van der Waals surface area contributed by atoms with Crippen molar-refractivity contribution >= 4 is 5.91 Å². The molecule has 0 spiro atoms. The molecule has 138 valence electrons. The highest BCUT2D eigenvalue weighted by atomic mass is 16.3. The average molecular weight is 352 g/mol. The SMILES string of the molecule is CN(C(=O)c1cccc(-c2cncc(C(C)(C)O)c2)c1)C1CCCCC1. The zero-order valence-corrected chi connectivity index (χ0v) is 15.9. The number of pyridine rings is 1. The molecule has 1 aromatic heterocycles. The lowest BCUT2D eigenvalue weighted by molar-refractivity contribution is 0.0695. The van der Waals surface area contributed by atoms with Crippen LogP contribution in [0.3, 0.4) is 0 Å². The number of nitrogens with zero attached hydrogens (tertiary/aromatic N) is 2. The van der Waals surface area contributed by atoms with Gasteiger partial charge < -0.3 is 10.0 Å². The highest BCUT2D eigenvalue weighted by molar-refractivity contribution is 5.95. The van der Waals surface area contributed by atoms with E-state index in [1.54, 1.807) is 26.2 Å². The molecule has 1 aliphatic rings. The van der Waals surface area contributed by atoms with Crippen molar-refractivity contribution in [3.05, 3.63) is 53.9 Å². The number of carbonyl (C=O) groups excluding carboxylic acids is 1. The maximum absolute atomic E-state index is 12.9. The number of aromatic nitrogens is 1. The molecule has 1 amide bonds. The van der Waals surface area contributed by atoms with E-state index in [-0.39, 0.29) is 5.91 Å². The first kappa shape index (κ1) is 18.6. The predicted octanol–water partition coefficient (Wildman–Crippen LogP) is 4.38. The van der Waals surface area contributed by atoms with Gasteiger partial charge in [0.1, 0.15) is 0 Å². The minimum absolute atomic E-state index is 0.0744. The van der Waals surface area contributed by atoms with Crippen molar-refractivity contribution in [2.75, 3.05) is 7.05 Å². The van der Waals surface area contributed by atoms with Gasteiger partial charge in [-0.05, 0) is 50.5 Å². The first-order valence-corrected chi connectivity index (χ1v) is 9.42. The van der Waals surface area contributed by atoms with Crippen LogP contribution in [-0.2, 0) is 5.60 Å². The Balaban J connectivity index is 1.85. The summed E-state index contributed by atoms with van der Waals surface area (Å²) in [6.45, 7) is 3.49. The van der Waals surface area contributed by atoms with E-state index in [1.807, 2.05) is 42.3 Å². The van der Waals surface area contributed by atoms with E-state index in [1.165, 1.54) is 19.3 Å². The lowest BCUT2D eigenvalue weighted by atomic mass is 9.93. The maximum atomic E-state index is 12.9. The Kier molecular flexibility index (Phi) is 5.42. The van der Waals surface area contributed by atoms with E-state index in [9.17, 15) is 9.90 Å². The molecule has 0 radical (unpaired) electrons. The molecule has 0 saturated heterocycles. The van der Waals surface area contributed by atoms with Crippen LogP contribution in [0, 0.1) is 0 Å². The molecule has 0 bridgehead atoms. The molecule has 0 atom stereocenters. The van der Waals surface area contributed by atoms with Crippen LogP contribution in [0.1, 0.15) is 61.9 Å². The van der Waals surface area contributed by atoms with Gasteiger partial charge in [0, 0.05) is 42.2 Å². The van der Waals surface area contributed by atoms with Gasteiger partial charge in [-0.1, -0.05) is 31.4 Å². The van der Waals surface area contributed by atoms with Gasteiger partial charge >= 0.3 is 0 Å². The van der Waals surface area contributed by atoms with E-state index >= 15 is 0 Å². The fourth-order valence-corrected chi connectivity index (χ4v) is 3.60. The average Bonchev–Trinajstić information content (AvgIpc) is 2.67. The van der Waals surface area contributed by atoms with E-state index in [2.05, 4.69) is 4.98 Å². The number of rotatable bonds is 4. The molecule has 1 heterocycles. The van der Waals surface area contributed by atoms with E-state index in [0.29, 0.717) is 11.6 Å². The summed E-state index contributed by atoms with van der Waals surface area (Å²) in [7, 11) is 1.92. The Hall–Kier alpha value is -2.20. The van der Waals surface area contributed by atoms with Gasteiger partial charge in [0.05, 0.1) is 5.60 Å². The first-order chi connectivity index (χ1) is 12.4. The number of aliphatic hydroxyl groups is 1. The molecule has 4 nitrogen and oxygen atoms in total. The first-order valence-electron chi connectivity index (χ1n) is 9.42. The molecule has 0 aliphatic heterocycles. The molecule has 1 aromatic carbocycles. The predicted molar refractivity (Wildman–Crippen MR) is 104 cm³/mol. The number of hydrogen-bond donors (Lipinski definition) is 1. The third kappa shape index (κ3) is 4.13. The Morgan fingerprint density at radius 1 is 1.12 bits per heavy atom. The topological polar surface area (TPSA) is 53.4 Å². The van der Waals surface area contributed by atoms with Crippen LogP contribution >= 0.6 is 0 Å². The van der Waals surface area contributed by atoms with Crippen LogP contribution in [0.2, 0.25) is 0 Å². The fraction of sp³-hybridized carbons (Fsp3) is 0.455. The van der Waals surface area contributed by atoms with Crippen LogP contribution in [0.25, 0.3) is 11.1 Å². The van der Waals surface area contributed by atoms with Crippen molar-refractivity contribution in [3.8, 4) is 11.1 Å². The molecule has 26 heavy (non-hydrogen) atoms. The Morgan fingerprint density at radius 2 is 1.85 bits per heavy atom. The summed E-state index contributed by atoms with van der Waals surface area (Å²) in [5, 5.41) is 10.2. The summed E-state index contributed by atoms with van der Waals surface area (Å²) in [6, 6.07) is 9.96. The summed E-state index contributed by atoms with van der Waals surface area (Å²) in [4.78, 5) is 19.1. The summed E-state index contributed by atoms with van der Waals surface area (Å²) in [6.07, 6.45) is 9.33. The van der Waals surface area contributed by atoms with Gasteiger partial charge in [0.15, 0.2) is 0 Å². The monoisotopic (exact) mass is 352 g/mol. The van der Waals surface area contributed by atoms with Gasteiger partial charge in [0.2, 0.25) is 0 Å². The normalized spacial score (nSPS) is 15.7. The zero-order chi connectivity index (χ0) is 18.7. The van der Waals surface area contributed by atoms with E-state index in [4.69, 9.17) is 0 Å². The smallest absolute Gasteiger partial charge is 0.253 e. The molecule has 1 saturated carbocycles. The number of benzene rings is 1. The molecule has 0 unspecified atom stereocenters. The Labute approximate surface area is 155 Å². The highest BCUT2D eigenvalue weighted by Crippen LogP contribution is 2.27. The second kappa shape index (κ2) is 7.58. The van der Waals surface area contributed by atoms with Crippen molar-refractivity contribution in [3.63, 3.8) is 0 Å². The van der Waals surface area contributed by atoms with Crippen LogP contribution < -0.4 is 0 Å². The molecule has 1 fully saturated rings. The minimum Gasteiger partial charge on any atom is -0.386 e. The summed E-state index contributed by atoms with van der Waals surface area (Å²) in [5.41, 5.74) is 2.35. The number of hydrogen-bond acceptors (Lipinski definition) is 3. The molecule has 1 aliphatic carbocycles. The standard InChI is InChI=1S/C22H28N2O2/c1-22(2,26)19-13-18(14-23-15-19)16-8-7-9-17(12-16)21(25)24(3)20-10-5-4-6-11-20/h7-9,12-15,20,26H,4-6,10-11H2,1-3H3. The van der Waals surface area contributed by atoms with Crippen molar-refractivity contribution < 1.29 is 9.90 Å². The number of carbonyl (C=O) groups is 1. The zero-order valence-electron chi connectivity index (χ0n) is 15.9. The molecule has 1 N–H and O–H groups in total. The maximum Gasteiger partial charge on any atom is 0.253 e. The van der Waals surface area contributed by atoms with Crippen LogP contribution in [0.15, 0.2) is 42.7 Å². The van der Waals surface area contributed by atoms with Gasteiger partial charge in [-0.25, -0.2) is 0 Å². The summed E-state index contributed by atoms with van der Waals surface area (Å²) >= 11 is 0. The van der Waals surface area contributed by atoms with E-state index < -0.39 is 5.60 Å². The van der Waals surface area contributed by atoms with Gasteiger partial charge in [-0.2, -0.15) is 0 Å². The Bertz CT molecular complexity index is 774. The molecule has 2 aromatic rings. The van der Waals surface area contributed by atoms with Gasteiger partial charge in [-0.15, -0.1) is 0 Å². The third-order valence-corrected chi connectivity index (χ3v) is 5.33. The van der Waals surface area contributed by atoms with Crippen molar-refractivity contribution in [1.82, 2.24) is 9.88 Å². The van der Waals surface area contributed by atoms with E-state index in [0.717, 1.165) is 29.5 Å². The summed E-state index contributed by atoms with van der Waals surface area (Å²) in [5.74, 6) is 0.0744. The highest BCUT2D eigenvalue weighted by Gasteiger charge is 2.23. The third-order valence-electron chi connectivity index (χ3n) is 5.33. The quantitative estimate of drug-likeness (QED) is 0.888. The lowest BCUT2D eigenvalue weighted by Gasteiger charge is -2.31. The van der Waals surface area contributed by atoms with Crippen molar-refractivity contribution in [2.24, 2.45) is 0 Å². The molecular weight excluding hydrogens is 324 g/mol. The van der Waals surface area contributed by atoms with Gasteiger partial charge in [-0.3, -0.25) is 9.78 Å². The second-order valence-corrected chi connectivity index (χ2v) is 7.81. The van der Waals surface area contributed by atoms with Gasteiger partial charge in [0.25, 0.3) is 5.91 Å². The molecule has 4 heteroatoms. The largest absolute Gasteiger partial charge is 0.386 e. The van der Waals surface area contributed by atoms with Crippen molar-refractivity contribution in [1.29, 1.82) is 0 Å². The minimum atomic E-state index is -0.947.